The Morgan fingerprint density at radius 3 is 2.91 bits per heavy atom. The van der Waals surface area contributed by atoms with Crippen molar-refractivity contribution in [3.05, 3.63) is 66.5 Å². The molecule has 23 heavy (non-hydrogen) atoms. The van der Waals surface area contributed by atoms with E-state index < -0.39 is 0 Å². The first kappa shape index (κ1) is 13.8. The van der Waals surface area contributed by atoms with Crippen molar-refractivity contribution in [2.75, 3.05) is 6.61 Å². The average Bonchev–Trinajstić information content (AvgIpc) is 2.98. The first-order chi connectivity index (χ1) is 11.3. The molecule has 0 radical (unpaired) electrons. The SMILES string of the molecule is O=C(/C=C/c1ccncc1)C1COc2cc3ccccc3n2C1. The third kappa shape index (κ3) is 2.63. The molecule has 1 aliphatic rings. The quantitative estimate of drug-likeness (QED) is 0.697. The van der Waals surface area contributed by atoms with Crippen molar-refractivity contribution in [2.24, 2.45) is 5.92 Å². The lowest BCUT2D eigenvalue weighted by molar-refractivity contribution is -0.120. The van der Waals surface area contributed by atoms with Gasteiger partial charge in [0.1, 0.15) is 6.61 Å². The summed E-state index contributed by atoms with van der Waals surface area (Å²) in [6.45, 7) is 1.08. The standard InChI is InChI=1S/C19H16N2O2/c22-18(6-5-14-7-9-20-10-8-14)16-12-21-17-4-2-1-3-15(17)11-19(21)23-13-16/h1-11,16H,12-13H2/b6-5+. The van der Waals surface area contributed by atoms with Crippen LogP contribution >= 0.6 is 0 Å². The maximum atomic E-state index is 12.4. The zero-order valence-corrected chi connectivity index (χ0v) is 12.6. The number of ether oxygens (including phenoxy) is 1. The zero-order chi connectivity index (χ0) is 15.6. The second kappa shape index (κ2) is 5.72. The Kier molecular flexibility index (Phi) is 3.42. The lowest BCUT2D eigenvalue weighted by Crippen LogP contribution is -2.30. The number of aromatic nitrogens is 2. The minimum atomic E-state index is -0.156. The van der Waals surface area contributed by atoms with Crippen molar-refractivity contribution in [3.63, 3.8) is 0 Å². The van der Waals surface area contributed by atoms with Crippen LogP contribution in [0.2, 0.25) is 0 Å². The summed E-state index contributed by atoms with van der Waals surface area (Å²) >= 11 is 0. The number of ketones is 1. The fourth-order valence-corrected chi connectivity index (χ4v) is 2.91. The maximum absolute atomic E-state index is 12.4. The van der Waals surface area contributed by atoms with Crippen molar-refractivity contribution in [1.29, 1.82) is 0 Å². The monoisotopic (exact) mass is 304 g/mol. The minimum absolute atomic E-state index is 0.0882. The largest absolute Gasteiger partial charge is 0.478 e. The van der Waals surface area contributed by atoms with Crippen LogP contribution in [0.5, 0.6) is 5.88 Å². The highest BCUT2D eigenvalue weighted by molar-refractivity contribution is 5.95. The molecule has 1 aliphatic heterocycles. The van der Waals surface area contributed by atoms with E-state index in [1.54, 1.807) is 18.5 Å². The van der Waals surface area contributed by atoms with Gasteiger partial charge in [0.2, 0.25) is 0 Å². The molecule has 0 N–H and O–H groups in total. The van der Waals surface area contributed by atoms with E-state index in [-0.39, 0.29) is 11.7 Å². The van der Waals surface area contributed by atoms with Gasteiger partial charge in [0.15, 0.2) is 11.7 Å². The number of rotatable bonds is 3. The summed E-state index contributed by atoms with van der Waals surface area (Å²) in [7, 11) is 0. The third-order valence-electron chi connectivity index (χ3n) is 4.16. The summed E-state index contributed by atoms with van der Waals surface area (Å²) in [6.07, 6.45) is 6.89. The lowest BCUT2D eigenvalue weighted by Gasteiger charge is -2.24. The molecule has 1 aromatic carbocycles. The van der Waals surface area contributed by atoms with Crippen LogP contribution in [0.3, 0.4) is 0 Å². The first-order valence-electron chi connectivity index (χ1n) is 7.64. The van der Waals surface area contributed by atoms with E-state index >= 15 is 0 Å². The molecule has 4 rings (SSSR count). The highest BCUT2D eigenvalue weighted by Crippen LogP contribution is 2.30. The highest BCUT2D eigenvalue weighted by atomic mass is 16.5. The smallest absolute Gasteiger partial charge is 0.194 e. The molecule has 4 heteroatoms. The van der Waals surface area contributed by atoms with E-state index in [1.807, 2.05) is 36.4 Å². The molecule has 1 unspecified atom stereocenters. The molecule has 1 atom stereocenters. The third-order valence-corrected chi connectivity index (χ3v) is 4.16. The second-order valence-corrected chi connectivity index (χ2v) is 5.68. The molecule has 114 valence electrons. The maximum Gasteiger partial charge on any atom is 0.194 e. The van der Waals surface area contributed by atoms with Crippen LogP contribution in [-0.2, 0) is 11.3 Å². The van der Waals surface area contributed by atoms with Gasteiger partial charge in [-0.15, -0.1) is 0 Å². The summed E-state index contributed by atoms with van der Waals surface area (Å²) in [5, 5.41) is 1.14. The normalized spacial score (nSPS) is 17.1. The number of allylic oxidation sites excluding steroid dienone is 1. The number of fused-ring (bicyclic) bond motifs is 3. The van der Waals surface area contributed by atoms with Crippen molar-refractivity contribution < 1.29 is 9.53 Å². The van der Waals surface area contributed by atoms with Crippen LogP contribution in [0.15, 0.2) is 60.9 Å². The molecule has 0 amide bonds. The van der Waals surface area contributed by atoms with Crippen molar-refractivity contribution in [2.45, 2.75) is 6.54 Å². The Bertz CT molecular complexity index is 881. The summed E-state index contributed by atoms with van der Waals surface area (Å²) < 4.78 is 7.88. The van der Waals surface area contributed by atoms with Gasteiger partial charge in [0, 0.05) is 30.4 Å². The number of para-hydroxylation sites is 1. The Balaban J connectivity index is 1.55. The molecular formula is C19H16N2O2. The van der Waals surface area contributed by atoms with E-state index in [0.29, 0.717) is 13.2 Å². The summed E-state index contributed by atoms with van der Waals surface area (Å²) in [5.41, 5.74) is 2.08. The summed E-state index contributed by atoms with van der Waals surface area (Å²) in [5.74, 6) is 0.773. The van der Waals surface area contributed by atoms with Crippen LogP contribution in [0.4, 0.5) is 0 Å². The van der Waals surface area contributed by atoms with Crippen LogP contribution < -0.4 is 4.74 Å². The van der Waals surface area contributed by atoms with Gasteiger partial charge in [-0.05, 0) is 29.8 Å². The van der Waals surface area contributed by atoms with E-state index in [4.69, 9.17) is 4.74 Å². The Hall–Kier alpha value is -2.88. The molecule has 0 saturated heterocycles. The molecule has 0 fully saturated rings. The predicted octanol–water partition coefficient (Wildman–Crippen LogP) is 3.33. The van der Waals surface area contributed by atoms with Crippen LogP contribution in [0, 0.1) is 5.92 Å². The molecule has 0 bridgehead atoms. The number of hydrogen-bond acceptors (Lipinski definition) is 3. The molecule has 0 saturated carbocycles. The number of pyridine rings is 1. The number of carbonyl (C=O) groups is 1. The first-order valence-corrected chi connectivity index (χ1v) is 7.64. The fraction of sp³-hybridized carbons (Fsp3) is 0.158. The molecule has 0 aliphatic carbocycles. The van der Waals surface area contributed by atoms with Crippen LogP contribution in [0.25, 0.3) is 17.0 Å². The van der Waals surface area contributed by atoms with E-state index in [9.17, 15) is 4.79 Å². The highest BCUT2D eigenvalue weighted by Gasteiger charge is 2.25. The molecule has 3 aromatic rings. The molecule has 4 nitrogen and oxygen atoms in total. The van der Waals surface area contributed by atoms with Crippen LogP contribution in [-0.4, -0.2) is 21.9 Å². The van der Waals surface area contributed by atoms with Gasteiger partial charge in [-0.25, -0.2) is 0 Å². The minimum Gasteiger partial charge on any atom is -0.478 e. The van der Waals surface area contributed by atoms with E-state index in [2.05, 4.69) is 21.7 Å². The topological polar surface area (TPSA) is 44.1 Å². The molecule has 3 heterocycles. The van der Waals surface area contributed by atoms with Gasteiger partial charge in [-0.3, -0.25) is 9.78 Å². The Labute approximate surface area is 134 Å². The van der Waals surface area contributed by atoms with E-state index in [0.717, 1.165) is 22.3 Å². The molecule has 2 aromatic heterocycles. The lowest BCUT2D eigenvalue weighted by atomic mass is 10.0. The number of carbonyl (C=O) groups excluding carboxylic acids is 1. The van der Waals surface area contributed by atoms with Crippen molar-refractivity contribution in [3.8, 4) is 5.88 Å². The Morgan fingerprint density at radius 2 is 2.04 bits per heavy atom. The fourth-order valence-electron chi connectivity index (χ4n) is 2.91. The molecular weight excluding hydrogens is 288 g/mol. The van der Waals surface area contributed by atoms with E-state index in [1.165, 1.54) is 0 Å². The van der Waals surface area contributed by atoms with Gasteiger partial charge in [-0.2, -0.15) is 0 Å². The van der Waals surface area contributed by atoms with Crippen LogP contribution in [0.1, 0.15) is 5.56 Å². The number of nitrogens with zero attached hydrogens (tertiary/aromatic N) is 2. The molecule has 0 spiro atoms. The average molecular weight is 304 g/mol. The van der Waals surface area contributed by atoms with Gasteiger partial charge >= 0.3 is 0 Å². The van der Waals surface area contributed by atoms with Crippen molar-refractivity contribution in [1.82, 2.24) is 9.55 Å². The van der Waals surface area contributed by atoms with Crippen molar-refractivity contribution >= 4 is 22.8 Å². The second-order valence-electron chi connectivity index (χ2n) is 5.68. The number of hydrogen-bond donors (Lipinski definition) is 0. The van der Waals surface area contributed by atoms with Gasteiger partial charge in [-0.1, -0.05) is 24.3 Å². The zero-order valence-electron chi connectivity index (χ0n) is 12.6. The van der Waals surface area contributed by atoms with Gasteiger partial charge in [0.05, 0.1) is 11.4 Å². The van der Waals surface area contributed by atoms with Gasteiger partial charge in [0.25, 0.3) is 0 Å². The summed E-state index contributed by atoms with van der Waals surface area (Å²) in [4.78, 5) is 16.4. The summed E-state index contributed by atoms with van der Waals surface area (Å²) in [6, 6.07) is 13.9. The Morgan fingerprint density at radius 1 is 1.22 bits per heavy atom. The number of benzene rings is 1. The van der Waals surface area contributed by atoms with Gasteiger partial charge < -0.3 is 9.30 Å². The predicted molar refractivity (Wildman–Crippen MR) is 89.2 cm³/mol.